The molecule has 0 unspecified atom stereocenters. The lowest BCUT2D eigenvalue weighted by Crippen LogP contribution is -2.57. The zero-order chi connectivity index (χ0) is 27.8. The number of hydrogen-bond acceptors (Lipinski definition) is 5. The number of hydrogen-bond donors (Lipinski definition) is 0. The van der Waals surface area contributed by atoms with Gasteiger partial charge in [-0.1, -0.05) is 91.0 Å². The summed E-state index contributed by atoms with van der Waals surface area (Å²) < 4.78 is 21.4. The fraction of sp³-hybridized carbons (Fsp3) is 0.281. The highest BCUT2D eigenvalue weighted by molar-refractivity contribution is 7.79. The standard InChI is InChI=1S/C32H32NO5P/c1-31(2,3)38-30(36)33-27-19-11-10-18-26(27)32(29(33)35)23(21-22-34)13-12-20-28(32)39(37,24-14-6-4-7-15-24)25-16-8-5-9-17-25/h4-19,22-23,28H,20-21H2,1-3H3/t23-,28+,32-/m1/s1. The van der Waals surface area contributed by atoms with E-state index in [-0.39, 0.29) is 6.42 Å². The maximum atomic E-state index is 15.7. The molecule has 1 spiro atoms. The first-order chi connectivity index (χ1) is 18.7. The van der Waals surface area contributed by atoms with E-state index in [0.29, 0.717) is 28.3 Å². The summed E-state index contributed by atoms with van der Waals surface area (Å²) in [5, 5.41) is 1.25. The van der Waals surface area contributed by atoms with Crippen LogP contribution in [0.5, 0.6) is 0 Å². The van der Waals surface area contributed by atoms with Crippen molar-refractivity contribution in [1.82, 2.24) is 0 Å². The Bertz CT molecular complexity index is 1430. The van der Waals surface area contributed by atoms with Gasteiger partial charge < -0.3 is 14.1 Å². The third-order valence-corrected chi connectivity index (χ3v) is 11.3. The summed E-state index contributed by atoms with van der Waals surface area (Å²) in [5.41, 5.74) is -2.01. The van der Waals surface area contributed by atoms with Gasteiger partial charge in [-0.15, -0.1) is 0 Å². The van der Waals surface area contributed by atoms with Crippen LogP contribution < -0.4 is 15.5 Å². The quantitative estimate of drug-likeness (QED) is 0.233. The van der Waals surface area contributed by atoms with Crippen molar-refractivity contribution in [3.8, 4) is 0 Å². The van der Waals surface area contributed by atoms with Gasteiger partial charge in [-0.3, -0.25) is 4.79 Å². The fourth-order valence-electron chi connectivity index (χ4n) is 6.16. The zero-order valence-electron chi connectivity index (χ0n) is 22.3. The lowest BCUT2D eigenvalue weighted by atomic mass is 9.64. The van der Waals surface area contributed by atoms with Crippen molar-refractivity contribution >= 4 is 41.7 Å². The minimum absolute atomic E-state index is 0.0405. The van der Waals surface area contributed by atoms with E-state index in [2.05, 4.69) is 0 Å². The van der Waals surface area contributed by atoms with Crippen LogP contribution in [0.4, 0.5) is 10.5 Å². The van der Waals surface area contributed by atoms with Crippen LogP contribution in [0.15, 0.2) is 97.1 Å². The molecule has 3 aromatic carbocycles. The Morgan fingerprint density at radius 3 is 2.10 bits per heavy atom. The van der Waals surface area contributed by atoms with E-state index < -0.39 is 41.7 Å². The molecule has 0 saturated carbocycles. The minimum atomic E-state index is -3.53. The molecule has 0 fully saturated rings. The summed E-state index contributed by atoms with van der Waals surface area (Å²) >= 11 is 0. The number of benzene rings is 3. The van der Waals surface area contributed by atoms with Gasteiger partial charge in [-0.05, 0) is 38.8 Å². The molecule has 3 atom stereocenters. The predicted octanol–water partition coefficient (Wildman–Crippen LogP) is 5.75. The van der Waals surface area contributed by atoms with E-state index in [1.807, 2.05) is 84.9 Å². The number of para-hydroxylation sites is 1. The van der Waals surface area contributed by atoms with Crippen molar-refractivity contribution in [3.63, 3.8) is 0 Å². The number of imide groups is 1. The first-order valence-corrected chi connectivity index (χ1v) is 14.9. The number of carbonyl (C=O) groups excluding carboxylic acids is 3. The second-order valence-electron chi connectivity index (χ2n) is 11.0. The van der Waals surface area contributed by atoms with Crippen molar-refractivity contribution in [1.29, 1.82) is 0 Å². The van der Waals surface area contributed by atoms with Gasteiger partial charge in [0.1, 0.15) is 19.0 Å². The first kappa shape index (κ1) is 26.8. The molecule has 1 aliphatic carbocycles. The second kappa shape index (κ2) is 10.1. The highest BCUT2D eigenvalue weighted by Gasteiger charge is 2.65. The van der Waals surface area contributed by atoms with E-state index in [9.17, 15) is 14.4 Å². The van der Waals surface area contributed by atoms with Crippen LogP contribution in [-0.4, -0.2) is 29.5 Å². The molecule has 1 aliphatic heterocycles. The SMILES string of the molecule is CC(C)(C)OC(=O)N1C(=O)[C@@]2(c3ccccc31)[C@@H](CC=O)C=CC[C@@H]2P(=O)(c1ccccc1)c1ccccc1. The molecule has 7 heteroatoms. The molecule has 39 heavy (non-hydrogen) atoms. The maximum absolute atomic E-state index is 15.7. The highest BCUT2D eigenvalue weighted by atomic mass is 31.2. The molecule has 2 amide bonds. The lowest BCUT2D eigenvalue weighted by Gasteiger charge is -2.46. The average Bonchev–Trinajstić information content (AvgIpc) is 3.18. The smallest absolute Gasteiger partial charge is 0.421 e. The van der Waals surface area contributed by atoms with Crippen LogP contribution in [0.3, 0.4) is 0 Å². The zero-order valence-corrected chi connectivity index (χ0v) is 23.2. The topological polar surface area (TPSA) is 80.8 Å². The van der Waals surface area contributed by atoms with Gasteiger partial charge in [-0.25, -0.2) is 9.69 Å². The highest BCUT2D eigenvalue weighted by Crippen LogP contribution is 2.64. The van der Waals surface area contributed by atoms with Crippen LogP contribution >= 0.6 is 7.14 Å². The molecule has 0 radical (unpaired) electrons. The molecule has 1 heterocycles. The molecule has 0 bridgehead atoms. The number of fused-ring (bicyclic) bond motifs is 2. The van der Waals surface area contributed by atoms with Crippen molar-refractivity contribution < 1.29 is 23.7 Å². The molecule has 200 valence electrons. The van der Waals surface area contributed by atoms with Gasteiger partial charge in [0.2, 0.25) is 5.91 Å². The Morgan fingerprint density at radius 1 is 0.974 bits per heavy atom. The summed E-state index contributed by atoms with van der Waals surface area (Å²) in [7, 11) is -3.53. The molecular formula is C32H32NO5P. The van der Waals surface area contributed by atoms with E-state index >= 15 is 4.57 Å². The Morgan fingerprint density at radius 2 is 1.54 bits per heavy atom. The van der Waals surface area contributed by atoms with Gasteiger partial charge >= 0.3 is 6.09 Å². The van der Waals surface area contributed by atoms with Crippen LogP contribution in [-0.2, 0) is 24.3 Å². The van der Waals surface area contributed by atoms with Gasteiger partial charge in [0.05, 0.1) is 11.1 Å². The average molecular weight is 542 g/mol. The number of allylic oxidation sites excluding steroid dienone is 2. The summed E-state index contributed by atoms with van der Waals surface area (Å²) in [6.07, 6.45) is 4.18. The van der Waals surface area contributed by atoms with Crippen LogP contribution in [0.25, 0.3) is 0 Å². The molecular weight excluding hydrogens is 509 g/mol. The Kier molecular flexibility index (Phi) is 6.94. The fourth-order valence-corrected chi connectivity index (χ4v) is 9.85. The minimum Gasteiger partial charge on any atom is -0.443 e. The number of aldehydes is 1. The Balaban J connectivity index is 1.82. The maximum Gasteiger partial charge on any atom is 0.421 e. The molecule has 0 aromatic heterocycles. The number of amides is 2. The molecule has 6 nitrogen and oxygen atoms in total. The number of rotatable bonds is 5. The van der Waals surface area contributed by atoms with Gasteiger partial charge in [0.15, 0.2) is 0 Å². The first-order valence-electron chi connectivity index (χ1n) is 13.1. The normalized spacial score (nSPS) is 22.5. The van der Waals surface area contributed by atoms with E-state index in [4.69, 9.17) is 4.74 Å². The largest absolute Gasteiger partial charge is 0.443 e. The monoisotopic (exact) mass is 541 g/mol. The van der Waals surface area contributed by atoms with Crippen LogP contribution in [0.1, 0.15) is 39.2 Å². The predicted molar refractivity (Wildman–Crippen MR) is 153 cm³/mol. The third kappa shape index (κ3) is 4.28. The third-order valence-electron chi connectivity index (χ3n) is 7.63. The summed E-state index contributed by atoms with van der Waals surface area (Å²) in [6, 6.07) is 25.6. The van der Waals surface area contributed by atoms with Gasteiger partial charge in [0.25, 0.3) is 0 Å². The van der Waals surface area contributed by atoms with Crippen LogP contribution in [0, 0.1) is 5.92 Å². The van der Waals surface area contributed by atoms with Crippen molar-refractivity contribution in [2.24, 2.45) is 5.92 Å². The van der Waals surface area contributed by atoms with Crippen molar-refractivity contribution in [3.05, 3.63) is 103 Å². The number of anilines is 1. The molecule has 2 aliphatic rings. The summed E-state index contributed by atoms with van der Waals surface area (Å²) in [5.74, 6) is -1.11. The lowest BCUT2D eigenvalue weighted by molar-refractivity contribution is -0.125. The van der Waals surface area contributed by atoms with Crippen LogP contribution in [0.2, 0.25) is 0 Å². The van der Waals surface area contributed by atoms with Gasteiger partial charge in [0, 0.05) is 28.6 Å². The molecule has 0 saturated heterocycles. The van der Waals surface area contributed by atoms with E-state index in [1.165, 1.54) is 0 Å². The Labute approximate surface area is 229 Å². The van der Waals surface area contributed by atoms with E-state index in [0.717, 1.165) is 11.2 Å². The number of ether oxygens (including phenoxy) is 1. The molecule has 5 rings (SSSR count). The number of nitrogens with zero attached hydrogens (tertiary/aromatic N) is 1. The second-order valence-corrected chi connectivity index (χ2v) is 14.0. The molecule has 0 N–H and O–H groups in total. The van der Waals surface area contributed by atoms with Gasteiger partial charge in [-0.2, -0.15) is 0 Å². The van der Waals surface area contributed by atoms with E-state index in [1.54, 1.807) is 32.9 Å². The van der Waals surface area contributed by atoms with Crippen molar-refractivity contribution in [2.75, 3.05) is 4.90 Å². The number of carbonyl (C=O) groups is 3. The summed E-state index contributed by atoms with van der Waals surface area (Å²) in [6.45, 7) is 5.23. The Hall–Kier alpha value is -3.76. The summed E-state index contributed by atoms with van der Waals surface area (Å²) in [4.78, 5) is 41.5. The molecule has 3 aromatic rings. The van der Waals surface area contributed by atoms with Crippen molar-refractivity contribution in [2.45, 2.75) is 50.3 Å².